The highest BCUT2D eigenvalue weighted by molar-refractivity contribution is 5.38. The molecular weight excluding hydrogens is 250 g/mol. The van der Waals surface area contributed by atoms with E-state index in [2.05, 4.69) is 30.4 Å². The molecule has 0 radical (unpaired) electrons. The second-order valence-electron chi connectivity index (χ2n) is 5.47. The minimum atomic E-state index is 0.196. The van der Waals surface area contributed by atoms with Crippen LogP contribution in [0.15, 0.2) is 18.2 Å². The predicted octanol–water partition coefficient (Wildman–Crippen LogP) is 2.96. The summed E-state index contributed by atoms with van der Waals surface area (Å²) in [6.45, 7) is 7.64. The molecule has 0 aromatic heterocycles. The van der Waals surface area contributed by atoms with Crippen LogP contribution in [0.3, 0.4) is 0 Å². The summed E-state index contributed by atoms with van der Waals surface area (Å²) in [4.78, 5) is 0. The Balaban J connectivity index is 1.65. The monoisotopic (exact) mass is 277 g/mol. The fourth-order valence-corrected chi connectivity index (χ4v) is 2.64. The molecule has 0 heterocycles. The summed E-state index contributed by atoms with van der Waals surface area (Å²) in [6.07, 6.45) is 4.97. The van der Waals surface area contributed by atoms with E-state index in [9.17, 15) is 0 Å². The Morgan fingerprint density at radius 2 is 2.10 bits per heavy atom. The molecule has 3 heteroatoms. The molecule has 1 aliphatic carbocycles. The van der Waals surface area contributed by atoms with Gasteiger partial charge in [-0.25, -0.2) is 0 Å². The summed E-state index contributed by atoms with van der Waals surface area (Å²) >= 11 is 0. The average molecular weight is 277 g/mol. The van der Waals surface area contributed by atoms with Gasteiger partial charge in [0, 0.05) is 19.8 Å². The van der Waals surface area contributed by atoms with E-state index in [4.69, 9.17) is 9.47 Å². The number of aryl methyl sites for hydroxylation is 2. The first-order valence-corrected chi connectivity index (χ1v) is 7.86. The number of fused-ring (bicyclic) bond motifs is 1. The molecule has 2 rings (SSSR count). The minimum absolute atomic E-state index is 0.196. The highest BCUT2D eigenvalue weighted by atomic mass is 16.5. The lowest BCUT2D eigenvalue weighted by Crippen LogP contribution is -2.30. The quantitative estimate of drug-likeness (QED) is 0.704. The van der Waals surface area contributed by atoms with Crippen molar-refractivity contribution in [3.8, 4) is 5.75 Å². The van der Waals surface area contributed by atoms with Crippen molar-refractivity contribution in [2.24, 2.45) is 0 Å². The lowest BCUT2D eigenvalue weighted by atomic mass is 10.1. The fourth-order valence-electron chi connectivity index (χ4n) is 2.64. The number of hydrogen-bond acceptors (Lipinski definition) is 3. The molecule has 0 saturated carbocycles. The lowest BCUT2D eigenvalue weighted by Gasteiger charge is -2.16. The van der Waals surface area contributed by atoms with Gasteiger partial charge in [-0.2, -0.15) is 0 Å². The molecule has 0 saturated heterocycles. The Hall–Kier alpha value is -1.06. The molecule has 1 unspecified atom stereocenters. The summed E-state index contributed by atoms with van der Waals surface area (Å²) in [5.41, 5.74) is 2.97. The van der Waals surface area contributed by atoms with Gasteiger partial charge in [0.25, 0.3) is 0 Å². The zero-order chi connectivity index (χ0) is 14.2. The molecule has 1 aliphatic rings. The molecule has 1 N–H and O–H groups in total. The van der Waals surface area contributed by atoms with Gasteiger partial charge in [0.05, 0.1) is 0 Å². The van der Waals surface area contributed by atoms with Crippen LogP contribution in [0.2, 0.25) is 0 Å². The molecule has 0 bridgehead atoms. The smallest absolute Gasteiger partial charge is 0.120 e. The Morgan fingerprint density at radius 1 is 1.25 bits per heavy atom. The molecule has 1 aromatic rings. The van der Waals surface area contributed by atoms with Gasteiger partial charge in [0.1, 0.15) is 11.9 Å². The third kappa shape index (κ3) is 4.80. The molecule has 3 nitrogen and oxygen atoms in total. The van der Waals surface area contributed by atoms with E-state index in [-0.39, 0.29) is 6.10 Å². The van der Waals surface area contributed by atoms with Crippen molar-refractivity contribution in [3.05, 3.63) is 29.3 Å². The van der Waals surface area contributed by atoms with E-state index in [1.54, 1.807) is 0 Å². The first kappa shape index (κ1) is 15.3. The molecule has 1 aromatic carbocycles. The second kappa shape index (κ2) is 8.28. The van der Waals surface area contributed by atoms with E-state index in [0.717, 1.165) is 38.5 Å². The van der Waals surface area contributed by atoms with Gasteiger partial charge in [0.15, 0.2) is 0 Å². The van der Waals surface area contributed by atoms with Crippen LogP contribution in [0.25, 0.3) is 0 Å². The molecule has 0 spiro atoms. The van der Waals surface area contributed by atoms with Gasteiger partial charge in [0.2, 0.25) is 0 Å². The highest BCUT2D eigenvalue weighted by Crippen LogP contribution is 2.26. The van der Waals surface area contributed by atoms with Gasteiger partial charge in [-0.1, -0.05) is 6.07 Å². The van der Waals surface area contributed by atoms with Crippen LogP contribution < -0.4 is 10.1 Å². The van der Waals surface area contributed by atoms with E-state index in [1.807, 2.05) is 6.92 Å². The van der Waals surface area contributed by atoms with Crippen LogP contribution in [0.5, 0.6) is 5.75 Å². The van der Waals surface area contributed by atoms with Gasteiger partial charge in [-0.05, 0) is 69.3 Å². The number of rotatable bonds is 9. The topological polar surface area (TPSA) is 30.5 Å². The molecular formula is C17H27NO2. The first-order valence-electron chi connectivity index (χ1n) is 7.86. The van der Waals surface area contributed by atoms with Crippen LogP contribution in [0, 0.1) is 0 Å². The van der Waals surface area contributed by atoms with Crippen molar-refractivity contribution in [1.29, 1.82) is 0 Å². The van der Waals surface area contributed by atoms with Crippen molar-refractivity contribution in [1.82, 2.24) is 5.32 Å². The van der Waals surface area contributed by atoms with Crippen LogP contribution in [-0.2, 0) is 17.6 Å². The first-order chi connectivity index (χ1) is 9.79. The Labute approximate surface area is 122 Å². The zero-order valence-corrected chi connectivity index (χ0v) is 12.8. The average Bonchev–Trinajstić information content (AvgIpc) is 2.90. The molecule has 1 atom stereocenters. The maximum absolute atomic E-state index is 5.97. The summed E-state index contributed by atoms with van der Waals surface area (Å²) in [6, 6.07) is 6.55. The Kier molecular flexibility index (Phi) is 6.34. The maximum Gasteiger partial charge on any atom is 0.120 e. The van der Waals surface area contributed by atoms with Crippen molar-refractivity contribution in [2.45, 2.75) is 45.6 Å². The zero-order valence-electron chi connectivity index (χ0n) is 12.8. The largest absolute Gasteiger partial charge is 0.489 e. The molecule has 0 fully saturated rings. The summed E-state index contributed by atoms with van der Waals surface area (Å²) in [5, 5.41) is 3.41. The normalized spacial score (nSPS) is 15.1. The highest BCUT2D eigenvalue weighted by Gasteiger charge is 2.12. The second-order valence-corrected chi connectivity index (χ2v) is 5.47. The fraction of sp³-hybridized carbons (Fsp3) is 0.647. The molecule has 20 heavy (non-hydrogen) atoms. The summed E-state index contributed by atoms with van der Waals surface area (Å²) in [5.74, 6) is 1.01. The number of nitrogens with one attached hydrogen (secondary N) is 1. The standard InChI is InChI=1S/C17H27NO2/c1-3-19-11-5-10-18-13-14(2)20-17-9-8-15-6-4-7-16(15)12-17/h8-9,12,14,18H,3-7,10-11,13H2,1-2H3. The van der Waals surface area contributed by atoms with Crippen LogP contribution in [0.1, 0.15) is 37.8 Å². The number of benzene rings is 1. The third-order valence-corrected chi connectivity index (χ3v) is 3.69. The maximum atomic E-state index is 5.97. The van der Waals surface area contributed by atoms with E-state index < -0.39 is 0 Å². The SMILES string of the molecule is CCOCCCNCC(C)Oc1ccc2c(c1)CCC2. The minimum Gasteiger partial charge on any atom is -0.489 e. The molecule has 0 amide bonds. The van der Waals surface area contributed by atoms with Crippen LogP contribution in [-0.4, -0.2) is 32.4 Å². The van der Waals surface area contributed by atoms with Crippen molar-refractivity contribution in [2.75, 3.05) is 26.3 Å². The van der Waals surface area contributed by atoms with E-state index >= 15 is 0 Å². The summed E-state index contributed by atoms with van der Waals surface area (Å²) in [7, 11) is 0. The number of ether oxygens (including phenoxy) is 2. The van der Waals surface area contributed by atoms with Crippen molar-refractivity contribution >= 4 is 0 Å². The van der Waals surface area contributed by atoms with Crippen LogP contribution in [0.4, 0.5) is 0 Å². The van der Waals surface area contributed by atoms with Crippen LogP contribution >= 0.6 is 0 Å². The Morgan fingerprint density at radius 3 is 2.95 bits per heavy atom. The number of hydrogen-bond donors (Lipinski definition) is 1. The van der Waals surface area contributed by atoms with Crippen molar-refractivity contribution < 1.29 is 9.47 Å². The Bertz CT molecular complexity index is 406. The molecule has 112 valence electrons. The van der Waals surface area contributed by atoms with E-state index in [0.29, 0.717) is 0 Å². The van der Waals surface area contributed by atoms with Crippen molar-refractivity contribution in [3.63, 3.8) is 0 Å². The third-order valence-electron chi connectivity index (χ3n) is 3.69. The molecule has 0 aliphatic heterocycles. The summed E-state index contributed by atoms with van der Waals surface area (Å²) < 4.78 is 11.3. The lowest BCUT2D eigenvalue weighted by molar-refractivity contribution is 0.143. The van der Waals surface area contributed by atoms with E-state index in [1.165, 1.54) is 30.4 Å². The van der Waals surface area contributed by atoms with Gasteiger partial charge in [-0.15, -0.1) is 0 Å². The predicted molar refractivity (Wildman–Crippen MR) is 82.5 cm³/mol. The van der Waals surface area contributed by atoms with Gasteiger partial charge < -0.3 is 14.8 Å². The van der Waals surface area contributed by atoms with Gasteiger partial charge >= 0.3 is 0 Å². The van der Waals surface area contributed by atoms with Gasteiger partial charge in [-0.3, -0.25) is 0 Å².